The maximum atomic E-state index is 12.4. The molecule has 30 heavy (non-hydrogen) atoms. The minimum Gasteiger partial charge on any atom is -0.508 e. The predicted octanol–water partition coefficient (Wildman–Crippen LogP) is 5.50. The first-order chi connectivity index (χ1) is 14.1. The summed E-state index contributed by atoms with van der Waals surface area (Å²) in [5.41, 5.74) is 1.61. The number of amides is 1. The van der Waals surface area contributed by atoms with Crippen LogP contribution in [0.5, 0.6) is 11.5 Å². The van der Waals surface area contributed by atoms with Crippen LogP contribution in [0.25, 0.3) is 0 Å². The van der Waals surface area contributed by atoms with Crippen LogP contribution in [0.15, 0.2) is 48.5 Å². The zero-order chi connectivity index (χ0) is 21.9. The summed E-state index contributed by atoms with van der Waals surface area (Å²) in [4.78, 5) is 14.2. The standard InChI is InChI=1S/C25H33NO4/c1-24(2,3)30-23(28)26-16-6-7-20(26)17-29-22-14-10-19(11-15-22)25(4,5)18-8-12-21(27)13-9-18/h8-15,20,27H,6-7,16-17H2,1-5H3/t20-/m1/s1. The molecule has 3 rings (SSSR count). The summed E-state index contributed by atoms with van der Waals surface area (Å²) < 4.78 is 11.5. The van der Waals surface area contributed by atoms with Gasteiger partial charge in [0, 0.05) is 12.0 Å². The smallest absolute Gasteiger partial charge is 0.410 e. The van der Waals surface area contributed by atoms with Crippen LogP contribution in [0.2, 0.25) is 0 Å². The van der Waals surface area contributed by atoms with Crippen molar-refractivity contribution in [2.24, 2.45) is 0 Å². The molecule has 5 nitrogen and oxygen atoms in total. The summed E-state index contributed by atoms with van der Waals surface area (Å²) in [5.74, 6) is 1.06. The van der Waals surface area contributed by atoms with Gasteiger partial charge in [-0.25, -0.2) is 4.79 Å². The number of hydrogen-bond donors (Lipinski definition) is 1. The highest BCUT2D eigenvalue weighted by Crippen LogP contribution is 2.33. The third-order valence-electron chi connectivity index (χ3n) is 5.61. The van der Waals surface area contributed by atoms with E-state index in [0.717, 1.165) is 29.7 Å². The van der Waals surface area contributed by atoms with Crippen LogP contribution in [0, 0.1) is 0 Å². The molecular formula is C25H33NO4. The molecule has 162 valence electrons. The first kappa shape index (κ1) is 22.0. The van der Waals surface area contributed by atoms with Crippen LogP contribution >= 0.6 is 0 Å². The van der Waals surface area contributed by atoms with Crippen molar-refractivity contribution in [3.63, 3.8) is 0 Å². The molecule has 0 aliphatic carbocycles. The number of phenols is 1. The Kier molecular flexibility index (Phi) is 6.30. The lowest BCUT2D eigenvalue weighted by molar-refractivity contribution is 0.0187. The van der Waals surface area contributed by atoms with Crippen molar-refractivity contribution in [3.8, 4) is 11.5 Å². The molecule has 5 heteroatoms. The third-order valence-corrected chi connectivity index (χ3v) is 5.61. The number of hydrogen-bond acceptors (Lipinski definition) is 4. The topological polar surface area (TPSA) is 59.0 Å². The predicted molar refractivity (Wildman–Crippen MR) is 118 cm³/mol. The van der Waals surface area contributed by atoms with Gasteiger partial charge in [-0.3, -0.25) is 0 Å². The average molecular weight is 412 g/mol. The lowest BCUT2D eigenvalue weighted by Gasteiger charge is -2.29. The van der Waals surface area contributed by atoms with Crippen molar-refractivity contribution in [2.75, 3.05) is 13.2 Å². The van der Waals surface area contributed by atoms with Crippen LogP contribution in [0.1, 0.15) is 58.6 Å². The Balaban J connectivity index is 1.62. The molecule has 1 atom stereocenters. The van der Waals surface area contributed by atoms with Gasteiger partial charge in [0.2, 0.25) is 0 Å². The number of aromatic hydroxyl groups is 1. The molecule has 1 fully saturated rings. The third kappa shape index (κ3) is 5.26. The minimum atomic E-state index is -0.495. The van der Waals surface area contributed by atoms with Crippen molar-refractivity contribution in [3.05, 3.63) is 59.7 Å². The molecule has 2 aromatic rings. The van der Waals surface area contributed by atoms with Gasteiger partial charge in [-0.15, -0.1) is 0 Å². The van der Waals surface area contributed by atoms with Gasteiger partial charge in [0.05, 0.1) is 6.04 Å². The molecule has 1 aliphatic rings. The summed E-state index contributed by atoms with van der Waals surface area (Å²) in [7, 11) is 0. The summed E-state index contributed by atoms with van der Waals surface area (Å²) >= 11 is 0. The number of phenolic OH excluding ortho intramolecular Hbond substituents is 1. The molecule has 1 N–H and O–H groups in total. The van der Waals surface area contributed by atoms with E-state index in [1.807, 2.05) is 45.0 Å². The summed E-state index contributed by atoms with van der Waals surface area (Å²) in [6.07, 6.45) is 1.62. The van der Waals surface area contributed by atoms with Gasteiger partial charge < -0.3 is 19.5 Å². The molecule has 2 aromatic carbocycles. The van der Waals surface area contributed by atoms with E-state index in [0.29, 0.717) is 13.2 Å². The van der Waals surface area contributed by atoms with E-state index in [1.165, 1.54) is 0 Å². The van der Waals surface area contributed by atoms with Crippen molar-refractivity contribution in [1.82, 2.24) is 4.90 Å². The second-order valence-electron chi connectivity index (χ2n) is 9.48. The Morgan fingerprint density at radius 2 is 1.57 bits per heavy atom. The second-order valence-corrected chi connectivity index (χ2v) is 9.48. The molecule has 1 saturated heterocycles. The Hall–Kier alpha value is -2.69. The number of benzene rings is 2. The van der Waals surface area contributed by atoms with Gasteiger partial charge in [-0.05, 0) is 69.0 Å². The fourth-order valence-electron chi connectivity index (χ4n) is 3.77. The molecule has 0 bridgehead atoms. The number of likely N-dealkylation sites (tertiary alicyclic amines) is 1. The van der Waals surface area contributed by atoms with Crippen molar-refractivity contribution in [1.29, 1.82) is 0 Å². The summed E-state index contributed by atoms with van der Waals surface area (Å²) in [6, 6.07) is 15.5. The molecule has 1 amide bonds. The number of ether oxygens (including phenoxy) is 2. The van der Waals surface area contributed by atoms with Crippen LogP contribution in [0.3, 0.4) is 0 Å². The zero-order valence-corrected chi connectivity index (χ0v) is 18.6. The number of rotatable bonds is 5. The lowest BCUT2D eigenvalue weighted by atomic mass is 9.78. The fourth-order valence-corrected chi connectivity index (χ4v) is 3.77. The van der Waals surface area contributed by atoms with Gasteiger partial charge in [0.25, 0.3) is 0 Å². The first-order valence-electron chi connectivity index (χ1n) is 10.6. The number of nitrogens with zero attached hydrogens (tertiary/aromatic N) is 1. The minimum absolute atomic E-state index is 0.0352. The van der Waals surface area contributed by atoms with Crippen molar-refractivity contribution < 1.29 is 19.4 Å². The molecule has 1 heterocycles. The molecule has 0 saturated carbocycles. The van der Waals surface area contributed by atoms with E-state index >= 15 is 0 Å². The van der Waals surface area contributed by atoms with E-state index < -0.39 is 5.60 Å². The SMILES string of the molecule is CC(C)(C)OC(=O)N1CCC[C@@H]1COc1ccc(C(C)(C)c2ccc(O)cc2)cc1. The lowest BCUT2D eigenvalue weighted by Crippen LogP contribution is -2.42. The molecule has 0 aromatic heterocycles. The highest BCUT2D eigenvalue weighted by molar-refractivity contribution is 5.69. The van der Waals surface area contributed by atoms with E-state index in [2.05, 4.69) is 26.0 Å². The fraction of sp³-hybridized carbons (Fsp3) is 0.480. The number of carbonyl (C=O) groups excluding carboxylic acids is 1. The van der Waals surface area contributed by atoms with Crippen LogP contribution < -0.4 is 4.74 Å². The van der Waals surface area contributed by atoms with Crippen LogP contribution in [-0.2, 0) is 10.2 Å². The summed E-state index contributed by atoms with van der Waals surface area (Å²) in [5, 5.41) is 9.54. The highest BCUT2D eigenvalue weighted by Gasteiger charge is 2.32. The maximum Gasteiger partial charge on any atom is 0.410 e. The number of carbonyl (C=O) groups is 1. The zero-order valence-electron chi connectivity index (χ0n) is 18.6. The van der Waals surface area contributed by atoms with E-state index in [9.17, 15) is 9.90 Å². The second kappa shape index (κ2) is 8.58. The largest absolute Gasteiger partial charge is 0.508 e. The Labute approximate surface area is 179 Å². The van der Waals surface area contributed by atoms with Crippen molar-refractivity contribution >= 4 is 6.09 Å². The molecule has 0 spiro atoms. The molecular weight excluding hydrogens is 378 g/mol. The van der Waals surface area contributed by atoms with Crippen LogP contribution in [-0.4, -0.2) is 40.9 Å². The summed E-state index contributed by atoms with van der Waals surface area (Å²) in [6.45, 7) is 11.1. The van der Waals surface area contributed by atoms with Crippen LogP contribution in [0.4, 0.5) is 4.79 Å². The van der Waals surface area contributed by atoms with E-state index in [1.54, 1.807) is 17.0 Å². The van der Waals surface area contributed by atoms with Gasteiger partial charge in [-0.2, -0.15) is 0 Å². The quantitative estimate of drug-likeness (QED) is 0.706. The van der Waals surface area contributed by atoms with Crippen molar-refractivity contribution in [2.45, 2.75) is 64.5 Å². The first-order valence-corrected chi connectivity index (χ1v) is 10.6. The monoisotopic (exact) mass is 411 g/mol. The van der Waals surface area contributed by atoms with Gasteiger partial charge in [0.15, 0.2) is 0 Å². The normalized spacial score (nSPS) is 17.1. The molecule has 0 radical (unpaired) electrons. The van der Waals surface area contributed by atoms with E-state index in [4.69, 9.17) is 9.47 Å². The maximum absolute atomic E-state index is 12.4. The Morgan fingerprint density at radius 1 is 1.00 bits per heavy atom. The molecule has 0 unspecified atom stereocenters. The van der Waals surface area contributed by atoms with Gasteiger partial charge in [0.1, 0.15) is 23.7 Å². The Bertz CT molecular complexity index is 850. The van der Waals surface area contributed by atoms with Gasteiger partial charge >= 0.3 is 6.09 Å². The average Bonchev–Trinajstić information content (AvgIpc) is 3.14. The highest BCUT2D eigenvalue weighted by atomic mass is 16.6. The van der Waals surface area contributed by atoms with E-state index in [-0.39, 0.29) is 23.3 Å². The van der Waals surface area contributed by atoms with Gasteiger partial charge in [-0.1, -0.05) is 38.1 Å². The Morgan fingerprint density at radius 3 is 2.13 bits per heavy atom. The molecule has 1 aliphatic heterocycles.